The SMILES string of the molecule is CCCOC(=O)c1ccc(F)cc1NC(=O)c1ccccc1Cl. The van der Waals surface area contributed by atoms with Gasteiger partial charge in [0, 0.05) is 0 Å². The fourth-order valence-corrected chi connectivity index (χ4v) is 2.13. The first-order valence-corrected chi connectivity index (χ1v) is 7.43. The summed E-state index contributed by atoms with van der Waals surface area (Å²) in [5.41, 5.74) is 0.350. The van der Waals surface area contributed by atoms with Crippen molar-refractivity contribution in [1.29, 1.82) is 0 Å². The van der Waals surface area contributed by atoms with Crippen molar-refractivity contribution in [1.82, 2.24) is 0 Å². The number of nitrogens with one attached hydrogen (secondary N) is 1. The number of hydrogen-bond donors (Lipinski definition) is 1. The van der Waals surface area contributed by atoms with Gasteiger partial charge in [-0.2, -0.15) is 0 Å². The number of ether oxygens (including phenoxy) is 1. The minimum absolute atomic E-state index is 0.0380. The van der Waals surface area contributed by atoms with Crippen LogP contribution in [0.5, 0.6) is 0 Å². The summed E-state index contributed by atoms with van der Waals surface area (Å²) >= 11 is 5.96. The molecule has 0 saturated carbocycles. The highest BCUT2D eigenvalue weighted by Gasteiger charge is 2.17. The van der Waals surface area contributed by atoms with Crippen LogP contribution >= 0.6 is 11.6 Å². The number of hydrogen-bond acceptors (Lipinski definition) is 3. The van der Waals surface area contributed by atoms with E-state index >= 15 is 0 Å². The van der Waals surface area contributed by atoms with Crippen molar-refractivity contribution >= 4 is 29.2 Å². The molecule has 0 spiro atoms. The Hall–Kier alpha value is -2.40. The maximum absolute atomic E-state index is 13.5. The van der Waals surface area contributed by atoms with Crippen molar-refractivity contribution in [3.05, 3.63) is 64.4 Å². The van der Waals surface area contributed by atoms with Gasteiger partial charge in [-0.15, -0.1) is 0 Å². The Morgan fingerprint density at radius 2 is 1.91 bits per heavy atom. The van der Waals surface area contributed by atoms with Crippen molar-refractivity contribution in [2.45, 2.75) is 13.3 Å². The van der Waals surface area contributed by atoms with Crippen LogP contribution in [0.3, 0.4) is 0 Å². The highest BCUT2D eigenvalue weighted by molar-refractivity contribution is 6.34. The van der Waals surface area contributed by atoms with Gasteiger partial charge in [-0.05, 0) is 36.8 Å². The molecule has 0 bridgehead atoms. The fourth-order valence-electron chi connectivity index (χ4n) is 1.91. The zero-order valence-electron chi connectivity index (χ0n) is 12.4. The molecule has 6 heteroatoms. The number of carbonyl (C=O) groups excluding carboxylic acids is 2. The van der Waals surface area contributed by atoms with E-state index in [0.29, 0.717) is 6.42 Å². The predicted molar refractivity (Wildman–Crippen MR) is 86.4 cm³/mol. The summed E-state index contributed by atoms with van der Waals surface area (Å²) in [4.78, 5) is 24.3. The summed E-state index contributed by atoms with van der Waals surface area (Å²) in [6, 6.07) is 9.92. The standard InChI is InChI=1S/C17H15ClFNO3/c1-2-9-23-17(22)13-8-7-11(19)10-15(13)20-16(21)12-5-3-4-6-14(12)18/h3-8,10H,2,9H2,1H3,(H,20,21). The number of esters is 1. The molecule has 0 aliphatic carbocycles. The maximum atomic E-state index is 13.5. The smallest absolute Gasteiger partial charge is 0.340 e. The van der Waals surface area contributed by atoms with Crippen molar-refractivity contribution in [2.75, 3.05) is 11.9 Å². The van der Waals surface area contributed by atoms with Crippen LogP contribution in [-0.4, -0.2) is 18.5 Å². The number of carbonyl (C=O) groups is 2. The van der Waals surface area contributed by atoms with E-state index in [-0.39, 0.29) is 28.4 Å². The van der Waals surface area contributed by atoms with Crippen molar-refractivity contribution in [3.63, 3.8) is 0 Å². The first-order chi connectivity index (χ1) is 11.0. The van der Waals surface area contributed by atoms with Crippen molar-refractivity contribution < 1.29 is 18.7 Å². The van der Waals surface area contributed by atoms with Gasteiger partial charge >= 0.3 is 5.97 Å². The molecular weight excluding hydrogens is 321 g/mol. The molecule has 23 heavy (non-hydrogen) atoms. The van der Waals surface area contributed by atoms with Gasteiger partial charge in [-0.1, -0.05) is 30.7 Å². The fraction of sp³-hybridized carbons (Fsp3) is 0.176. The third-order valence-corrected chi connectivity index (χ3v) is 3.34. The number of rotatable bonds is 5. The molecule has 2 aromatic carbocycles. The number of anilines is 1. The summed E-state index contributed by atoms with van der Waals surface area (Å²) in [7, 11) is 0. The Balaban J connectivity index is 2.28. The zero-order chi connectivity index (χ0) is 16.8. The van der Waals surface area contributed by atoms with E-state index in [0.717, 1.165) is 12.1 Å². The van der Waals surface area contributed by atoms with Crippen LogP contribution in [0, 0.1) is 5.82 Å². The quantitative estimate of drug-likeness (QED) is 0.829. The lowest BCUT2D eigenvalue weighted by Crippen LogP contribution is -2.16. The summed E-state index contributed by atoms with van der Waals surface area (Å²) in [6.45, 7) is 2.10. The molecule has 0 saturated heterocycles. The van der Waals surface area contributed by atoms with E-state index in [4.69, 9.17) is 16.3 Å². The minimum atomic E-state index is -0.624. The van der Waals surface area contributed by atoms with Crippen LogP contribution < -0.4 is 5.32 Å². The van der Waals surface area contributed by atoms with E-state index in [1.165, 1.54) is 12.1 Å². The van der Waals surface area contributed by atoms with Crippen LogP contribution in [0.4, 0.5) is 10.1 Å². The van der Waals surface area contributed by atoms with Crippen LogP contribution in [0.15, 0.2) is 42.5 Å². The second-order valence-electron chi connectivity index (χ2n) is 4.76. The molecule has 4 nitrogen and oxygen atoms in total. The Morgan fingerprint density at radius 1 is 1.17 bits per heavy atom. The number of amides is 1. The molecule has 1 N–H and O–H groups in total. The Bertz CT molecular complexity index is 734. The maximum Gasteiger partial charge on any atom is 0.340 e. The molecule has 2 aromatic rings. The van der Waals surface area contributed by atoms with Gasteiger partial charge in [-0.3, -0.25) is 4.79 Å². The largest absolute Gasteiger partial charge is 0.462 e. The van der Waals surface area contributed by atoms with Gasteiger partial charge in [-0.25, -0.2) is 9.18 Å². The molecule has 2 rings (SSSR count). The van der Waals surface area contributed by atoms with E-state index in [9.17, 15) is 14.0 Å². The van der Waals surface area contributed by atoms with E-state index in [1.54, 1.807) is 18.2 Å². The van der Waals surface area contributed by atoms with Crippen LogP contribution in [0.1, 0.15) is 34.1 Å². The molecule has 0 radical (unpaired) electrons. The van der Waals surface area contributed by atoms with Gasteiger partial charge < -0.3 is 10.1 Å². The molecule has 0 aromatic heterocycles. The van der Waals surface area contributed by atoms with Crippen LogP contribution in [0.25, 0.3) is 0 Å². The Kier molecular flexibility index (Phi) is 5.71. The second-order valence-corrected chi connectivity index (χ2v) is 5.17. The lowest BCUT2D eigenvalue weighted by molar-refractivity contribution is 0.0506. The van der Waals surface area contributed by atoms with Crippen LogP contribution in [-0.2, 0) is 4.74 Å². The molecule has 0 fully saturated rings. The van der Waals surface area contributed by atoms with E-state index in [1.807, 2.05) is 6.92 Å². The molecule has 120 valence electrons. The normalized spacial score (nSPS) is 10.2. The first-order valence-electron chi connectivity index (χ1n) is 7.05. The lowest BCUT2D eigenvalue weighted by Gasteiger charge is -2.11. The lowest BCUT2D eigenvalue weighted by atomic mass is 10.1. The molecule has 0 heterocycles. The monoisotopic (exact) mass is 335 g/mol. The Morgan fingerprint density at radius 3 is 2.61 bits per heavy atom. The van der Waals surface area contributed by atoms with Gasteiger partial charge in [0.2, 0.25) is 0 Å². The van der Waals surface area contributed by atoms with Crippen molar-refractivity contribution in [2.24, 2.45) is 0 Å². The average Bonchev–Trinajstić information content (AvgIpc) is 2.53. The van der Waals surface area contributed by atoms with Crippen LogP contribution in [0.2, 0.25) is 5.02 Å². The molecular formula is C17H15ClFNO3. The number of benzene rings is 2. The minimum Gasteiger partial charge on any atom is -0.462 e. The first kappa shape index (κ1) is 17.0. The highest BCUT2D eigenvalue weighted by Crippen LogP contribution is 2.21. The third kappa shape index (κ3) is 4.29. The van der Waals surface area contributed by atoms with Crippen molar-refractivity contribution in [3.8, 4) is 0 Å². The average molecular weight is 336 g/mol. The number of halogens is 2. The van der Waals surface area contributed by atoms with E-state index in [2.05, 4.69) is 5.32 Å². The summed E-state index contributed by atoms with van der Waals surface area (Å²) in [6.07, 6.45) is 0.661. The topological polar surface area (TPSA) is 55.4 Å². The summed E-state index contributed by atoms with van der Waals surface area (Å²) in [5, 5.41) is 2.76. The molecule has 0 aliphatic rings. The molecule has 0 unspecified atom stereocenters. The van der Waals surface area contributed by atoms with E-state index < -0.39 is 17.7 Å². The molecule has 0 atom stereocenters. The highest BCUT2D eigenvalue weighted by atomic mass is 35.5. The molecule has 1 amide bonds. The predicted octanol–water partition coefficient (Wildman–Crippen LogP) is 4.30. The Labute approximate surface area is 138 Å². The van der Waals surface area contributed by atoms with Gasteiger partial charge in [0.05, 0.1) is 28.4 Å². The van der Waals surface area contributed by atoms with Gasteiger partial charge in [0.15, 0.2) is 0 Å². The third-order valence-electron chi connectivity index (χ3n) is 3.01. The second kappa shape index (κ2) is 7.74. The van der Waals surface area contributed by atoms with Gasteiger partial charge in [0.1, 0.15) is 5.82 Å². The zero-order valence-corrected chi connectivity index (χ0v) is 13.2. The summed E-state index contributed by atoms with van der Waals surface area (Å²) < 4.78 is 18.5. The molecule has 0 aliphatic heterocycles. The van der Waals surface area contributed by atoms with Gasteiger partial charge in [0.25, 0.3) is 5.91 Å². The summed E-state index contributed by atoms with van der Waals surface area (Å²) in [5.74, 6) is -1.74.